The number of hydrogen-bond donors (Lipinski definition) is 1. The third-order valence-corrected chi connectivity index (χ3v) is 2.48. The van der Waals surface area contributed by atoms with E-state index in [9.17, 15) is 13.6 Å². The Morgan fingerprint density at radius 2 is 2.00 bits per heavy atom. The van der Waals surface area contributed by atoms with Crippen molar-refractivity contribution >= 4 is 0 Å². The minimum absolute atomic E-state index is 0.0506. The molecule has 0 bridgehead atoms. The third kappa shape index (κ3) is 2.14. The van der Waals surface area contributed by atoms with Gasteiger partial charge in [-0.05, 0) is 19.1 Å². The van der Waals surface area contributed by atoms with Gasteiger partial charge in [-0.25, -0.2) is 13.5 Å². The maximum Gasteiger partial charge on any atom is 0.206 e. The van der Waals surface area contributed by atoms with E-state index in [1.54, 1.807) is 6.92 Å². The summed E-state index contributed by atoms with van der Waals surface area (Å²) >= 11 is 0. The quantitative estimate of drug-likeness (QED) is 0.876. The standard InChI is InChI=1S/C12H10F2N2O2/c1-7-4-12(18)11(6-17)15-16(7)8-2-3-9(13)10(14)5-8/h2-5,17H,6H2,1H3. The first-order chi connectivity index (χ1) is 8.52. The van der Waals surface area contributed by atoms with Crippen LogP contribution in [0.4, 0.5) is 8.78 Å². The fourth-order valence-electron chi connectivity index (χ4n) is 1.57. The van der Waals surface area contributed by atoms with Crippen LogP contribution in [0, 0.1) is 18.6 Å². The van der Waals surface area contributed by atoms with Gasteiger partial charge in [-0.2, -0.15) is 5.10 Å². The first-order valence-corrected chi connectivity index (χ1v) is 5.19. The van der Waals surface area contributed by atoms with Crippen molar-refractivity contribution in [1.29, 1.82) is 0 Å². The van der Waals surface area contributed by atoms with Crippen molar-refractivity contribution in [2.75, 3.05) is 0 Å². The Bertz CT molecular complexity index is 653. The van der Waals surface area contributed by atoms with Gasteiger partial charge >= 0.3 is 0 Å². The molecule has 0 atom stereocenters. The van der Waals surface area contributed by atoms with E-state index in [1.807, 2.05) is 0 Å². The summed E-state index contributed by atoms with van der Waals surface area (Å²) in [4.78, 5) is 11.4. The third-order valence-electron chi connectivity index (χ3n) is 2.48. The van der Waals surface area contributed by atoms with Crippen LogP contribution < -0.4 is 5.43 Å². The lowest BCUT2D eigenvalue weighted by Crippen LogP contribution is -2.18. The van der Waals surface area contributed by atoms with Gasteiger partial charge in [0.2, 0.25) is 5.43 Å². The van der Waals surface area contributed by atoms with Crippen LogP contribution in [-0.4, -0.2) is 14.9 Å². The number of benzene rings is 1. The molecule has 1 aromatic carbocycles. The molecule has 0 radical (unpaired) electrons. The summed E-state index contributed by atoms with van der Waals surface area (Å²) in [6.07, 6.45) is 0. The van der Waals surface area contributed by atoms with Crippen LogP contribution in [0.3, 0.4) is 0 Å². The van der Waals surface area contributed by atoms with E-state index >= 15 is 0 Å². The molecule has 0 saturated heterocycles. The van der Waals surface area contributed by atoms with Gasteiger partial charge in [-0.3, -0.25) is 4.79 Å². The molecule has 1 N–H and O–H groups in total. The zero-order valence-corrected chi connectivity index (χ0v) is 9.52. The van der Waals surface area contributed by atoms with Gasteiger partial charge in [0.15, 0.2) is 11.6 Å². The average molecular weight is 252 g/mol. The first-order valence-electron chi connectivity index (χ1n) is 5.19. The summed E-state index contributed by atoms with van der Waals surface area (Å²) in [6.45, 7) is 1.10. The number of aliphatic hydroxyl groups is 1. The van der Waals surface area contributed by atoms with E-state index in [1.165, 1.54) is 16.8 Å². The summed E-state index contributed by atoms with van der Waals surface area (Å²) < 4.78 is 27.2. The molecule has 18 heavy (non-hydrogen) atoms. The molecule has 1 heterocycles. The van der Waals surface area contributed by atoms with Crippen LogP contribution in [0.2, 0.25) is 0 Å². The van der Waals surface area contributed by atoms with E-state index in [0.29, 0.717) is 5.69 Å². The van der Waals surface area contributed by atoms with Gasteiger partial charge in [-0.15, -0.1) is 0 Å². The molecule has 2 rings (SSSR count). The van der Waals surface area contributed by atoms with Crippen molar-refractivity contribution in [2.45, 2.75) is 13.5 Å². The molecule has 0 saturated carbocycles. The van der Waals surface area contributed by atoms with E-state index in [4.69, 9.17) is 5.11 Å². The molecular formula is C12H10F2N2O2. The second kappa shape index (κ2) is 4.66. The highest BCUT2D eigenvalue weighted by atomic mass is 19.2. The Balaban J connectivity index is 2.63. The zero-order valence-electron chi connectivity index (χ0n) is 9.52. The van der Waals surface area contributed by atoms with Gasteiger partial charge in [0.1, 0.15) is 5.69 Å². The molecule has 0 spiro atoms. The highest BCUT2D eigenvalue weighted by Crippen LogP contribution is 2.13. The molecule has 6 heteroatoms. The van der Waals surface area contributed by atoms with Gasteiger partial charge in [0, 0.05) is 17.8 Å². The predicted octanol–water partition coefficient (Wildman–Crippen LogP) is 1.31. The Morgan fingerprint density at radius 3 is 2.61 bits per heavy atom. The molecule has 1 aromatic heterocycles. The first kappa shape index (κ1) is 12.4. The highest BCUT2D eigenvalue weighted by molar-refractivity contribution is 5.33. The number of aliphatic hydroxyl groups excluding tert-OH is 1. The average Bonchev–Trinajstić information content (AvgIpc) is 2.33. The molecule has 0 amide bonds. The summed E-state index contributed by atoms with van der Waals surface area (Å²) in [7, 11) is 0. The van der Waals surface area contributed by atoms with Gasteiger partial charge < -0.3 is 5.11 Å². The number of halogens is 2. The van der Waals surface area contributed by atoms with Crippen LogP contribution in [-0.2, 0) is 6.61 Å². The summed E-state index contributed by atoms with van der Waals surface area (Å²) in [6, 6.07) is 4.56. The van der Waals surface area contributed by atoms with E-state index in [0.717, 1.165) is 12.1 Å². The van der Waals surface area contributed by atoms with Crippen molar-refractivity contribution in [2.24, 2.45) is 0 Å². The summed E-state index contributed by atoms with van der Waals surface area (Å²) in [5.41, 5.74) is 0.295. The molecule has 0 aliphatic rings. The Kier molecular flexibility index (Phi) is 3.20. The number of hydrogen-bond acceptors (Lipinski definition) is 3. The lowest BCUT2D eigenvalue weighted by Gasteiger charge is -2.10. The summed E-state index contributed by atoms with van der Waals surface area (Å²) in [5, 5.41) is 12.9. The van der Waals surface area contributed by atoms with E-state index in [2.05, 4.69) is 5.10 Å². The zero-order chi connectivity index (χ0) is 13.3. The predicted molar refractivity (Wildman–Crippen MR) is 60.4 cm³/mol. The minimum atomic E-state index is -1.00. The van der Waals surface area contributed by atoms with Crippen molar-refractivity contribution in [1.82, 2.24) is 9.78 Å². The molecular weight excluding hydrogens is 242 g/mol. The van der Waals surface area contributed by atoms with Gasteiger partial charge in [0.25, 0.3) is 0 Å². The fraction of sp³-hybridized carbons (Fsp3) is 0.167. The minimum Gasteiger partial charge on any atom is -0.390 e. The van der Waals surface area contributed by atoms with Crippen molar-refractivity contribution in [3.63, 3.8) is 0 Å². The normalized spacial score (nSPS) is 10.7. The SMILES string of the molecule is Cc1cc(=O)c(CO)nn1-c1ccc(F)c(F)c1. The fourth-order valence-corrected chi connectivity index (χ4v) is 1.57. The summed E-state index contributed by atoms with van der Waals surface area (Å²) in [5.74, 6) is -1.96. The van der Waals surface area contributed by atoms with Crippen LogP contribution >= 0.6 is 0 Å². The maximum atomic E-state index is 13.1. The van der Waals surface area contributed by atoms with Crippen LogP contribution in [0.25, 0.3) is 5.69 Å². The Morgan fingerprint density at radius 1 is 1.28 bits per heavy atom. The number of aromatic nitrogens is 2. The second-order valence-corrected chi connectivity index (χ2v) is 3.76. The van der Waals surface area contributed by atoms with Gasteiger partial charge in [-0.1, -0.05) is 0 Å². The molecule has 0 aliphatic heterocycles. The molecule has 0 aliphatic carbocycles. The number of aryl methyl sites for hydroxylation is 1. The topological polar surface area (TPSA) is 55.1 Å². The molecule has 2 aromatic rings. The second-order valence-electron chi connectivity index (χ2n) is 3.76. The molecule has 4 nitrogen and oxygen atoms in total. The Labute approximate surface area is 101 Å². The van der Waals surface area contributed by atoms with Gasteiger partial charge in [0.05, 0.1) is 12.3 Å². The lowest BCUT2D eigenvalue weighted by atomic mass is 10.2. The molecule has 0 unspecified atom stereocenters. The van der Waals surface area contributed by atoms with Crippen LogP contribution in [0.1, 0.15) is 11.4 Å². The van der Waals surface area contributed by atoms with Crippen molar-refractivity contribution < 1.29 is 13.9 Å². The van der Waals surface area contributed by atoms with Crippen molar-refractivity contribution in [3.8, 4) is 5.69 Å². The smallest absolute Gasteiger partial charge is 0.206 e. The number of nitrogens with zero attached hydrogens (tertiary/aromatic N) is 2. The van der Waals surface area contributed by atoms with E-state index < -0.39 is 23.7 Å². The Hall–Kier alpha value is -2.08. The van der Waals surface area contributed by atoms with Crippen molar-refractivity contribution in [3.05, 3.63) is 57.5 Å². The highest BCUT2D eigenvalue weighted by Gasteiger charge is 2.09. The largest absolute Gasteiger partial charge is 0.390 e. The van der Waals surface area contributed by atoms with E-state index in [-0.39, 0.29) is 11.4 Å². The monoisotopic (exact) mass is 252 g/mol. The maximum absolute atomic E-state index is 13.1. The van der Waals surface area contributed by atoms with Crippen LogP contribution in [0.15, 0.2) is 29.1 Å². The molecule has 0 fully saturated rings. The van der Waals surface area contributed by atoms with Crippen LogP contribution in [0.5, 0.6) is 0 Å². The molecule has 94 valence electrons. The number of rotatable bonds is 2. The lowest BCUT2D eigenvalue weighted by molar-refractivity contribution is 0.273.